The van der Waals surface area contributed by atoms with E-state index in [2.05, 4.69) is 0 Å². The largest absolute Gasteiger partial charge is 0.402 e. The minimum Gasteiger partial charge on any atom is -0.297 e. The summed E-state index contributed by atoms with van der Waals surface area (Å²) >= 11 is 0. The lowest BCUT2D eigenvalue weighted by molar-refractivity contribution is -0.211. The maximum Gasteiger partial charge on any atom is 0.402 e. The van der Waals surface area contributed by atoms with E-state index in [1.165, 1.54) is 0 Å². The smallest absolute Gasteiger partial charge is 0.297 e. The molecule has 12 heavy (non-hydrogen) atoms. The molecule has 5 heteroatoms. The van der Waals surface area contributed by atoms with Gasteiger partial charge >= 0.3 is 6.18 Å². The zero-order chi connectivity index (χ0) is 8.98. The Labute approximate surface area is 67.3 Å². The van der Waals surface area contributed by atoms with Crippen LogP contribution >= 0.6 is 0 Å². The van der Waals surface area contributed by atoms with E-state index < -0.39 is 17.4 Å². The van der Waals surface area contributed by atoms with E-state index in [-0.39, 0.29) is 19.5 Å². The third kappa shape index (κ3) is 0.772. The van der Waals surface area contributed by atoms with Crippen molar-refractivity contribution >= 4 is 5.78 Å². The molecule has 0 amide bonds. The molecular weight excluding hydrogens is 171 g/mol. The third-order valence-corrected chi connectivity index (χ3v) is 2.79. The van der Waals surface area contributed by atoms with Crippen LogP contribution < -0.4 is 0 Å². The molecule has 2 rings (SSSR count). The molecule has 0 N–H and O–H groups in total. The molecule has 0 aromatic heterocycles. The molecule has 2 aliphatic heterocycles. The van der Waals surface area contributed by atoms with Crippen LogP contribution in [0.5, 0.6) is 0 Å². The summed E-state index contributed by atoms with van der Waals surface area (Å²) in [4.78, 5) is 12.6. The highest BCUT2D eigenvalue weighted by Gasteiger charge is 2.66. The van der Waals surface area contributed by atoms with Gasteiger partial charge in [-0.25, -0.2) is 0 Å². The topological polar surface area (TPSA) is 20.3 Å². The van der Waals surface area contributed by atoms with Crippen molar-refractivity contribution in [2.75, 3.05) is 19.6 Å². The monoisotopic (exact) mass is 179 g/mol. The number of Topliss-reactive ketones (excluding diaryl/α,β-unsaturated/α-hetero) is 1. The first-order valence-electron chi connectivity index (χ1n) is 3.78. The Morgan fingerprint density at radius 2 is 2.08 bits per heavy atom. The summed E-state index contributed by atoms with van der Waals surface area (Å²) < 4.78 is 37.3. The molecule has 2 saturated heterocycles. The number of rotatable bonds is 0. The van der Waals surface area contributed by atoms with E-state index in [0.29, 0.717) is 6.54 Å². The Bertz CT molecular complexity index is 237. The van der Waals surface area contributed by atoms with Crippen LogP contribution in [0.2, 0.25) is 0 Å². The average Bonchev–Trinajstić information content (AvgIpc) is 2.41. The van der Waals surface area contributed by atoms with E-state index in [1.54, 1.807) is 4.90 Å². The van der Waals surface area contributed by atoms with Gasteiger partial charge in [-0.1, -0.05) is 0 Å². The Balaban J connectivity index is 2.36. The fourth-order valence-electron chi connectivity index (χ4n) is 2.00. The van der Waals surface area contributed by atoms with Crippen LogP contribution in [-0.2, 0) is 4.79 Å². The van der Waals surface area contributed by atoms with Crippen LogP contribution in [0.1, 0.15) is 6.42 Å². The highest BCUT2D eigenvalue weighted by atomic mass is 19.4. The minimum absolute atomic E-state index is 0.0144. The number of hydrogen-bond donors (Lipinski definition) is 0. The van der Waals surface area contributed by atoms with Gasteiger partial charge in [-0.3, -0.25) is 9.69 Å². The average molecular weight is 179 g/mol. The van der Waals surface area contributed by atoms with E-state index >= 15 is 0 Å². The first-order chi connectivity index (χ1) is 5.46. The predicted molar refractivity (Wildman–Crippen MR) is 34.6 cm³/mol. The number of alkyl halides is 3. The second-order valence-corrected chi connectivity index (χ2v) is 3.46. The summed E-state index contributed by atoms with van der Waals surface area (Å²) in [6, 6.07) is 0. The molecule has 2 unspecified atom stereocenters. The quantitative estimate of drug-likeness (QED) is 0.548. The molecule has 2 atom stereocenters. The van der Waals surface area contributed by atoms with E-state index in [4.69, 9.17) is 0 Å². The zero-order valence-corrected chi connectivity index (χ0v) is 6.32. The van der Waals surface area contributed by atoms with Crippen molar-refractivity contribution in [3.8, 4) is 0 Å². The maximum absolute atomic E-state index is 12.4. The van der Waals surface area contributed by atoms with E-state index in [9.17, 15) is 18.0 Å². The van der Waals surface area contributed by atoms with Gasteiger partial charge in [0.05, 0.1) is 6.54 Å². The standard InChI is InChI=1S/C7H8F3NO/c8-7(9,10)6-1-2-11(4-6)3-5(6)12/h1-4H2. The number of carbonyl (C=O) groups is 1. The third-order valence-electron chi connectivity index (χ3n) is 2.79. The van der Waals surface area contributed by atoms with Gasteiger partial charge in [0.2, 0.25) is 0 Å². The van der Waals surface area contributed by atoms with Crippen LogP contribution in [0.25, 0.3) is 0 Å². The molecule has 2 fully saturated rings. The summed E-state index contributed by atoms with van der Waals surface area (Å²) in [5, 5.41) is 0. The van der Waals surface area contributed by atoms with Gasteiger partial charge in [0.1, 0.15) is 5.41 Å². The van der Waals surface area contributed by atoms with Gasteiger partial charge in [-0.15, -0.1) is 0 Å². The normalized spacial score (nSPS) is 40.9. The summed E-state index contributed by atoms with van der Waals surface area (Å²) in [7, 11) is 0. The lowest BCUT2D eigenvalue weighted by atomic mass is 9.83. The van der Waals surface area contributed by atoms with E-state index in [1.807, 2.05) is 0 Å². The Morgan fingerprint density at radius 3 is 2.33 bits per heavy atom. The van der Waals surface area contributed by atoms with Crippen LogP contribution in [-0.4, -0.2) is 36.5 Å². The van der Waals surface area contributed by atoms with Gasteiger partial charge in [-0.05, 0) is 13.0 Å². The lowest BCUT2D eigenvalue weighted by Gasteiger charge is -2.26. The molecule has 68 valence electrons. The summed E-state index contributed by atoms with van der Waals surface area (Å²) in [6.45, 7) is 0.278. The van der Waals surface area contributed by atoms with Gasteiger partial charge in [0, 0.05) is 6.54 Å². The van der Waals surface area contributed by atoms with Crippen LogP contribution in [0.15, 0.2) is 0 Å². The van der Waals surface area contributed by atoms with Gasteiger partial charge in [0.25, 0.3) is 0 Å². The molecule has 0 radical (unpaired) electrons. The molecule has 0 aromatic rings. The number of carbonyl (C=O) groups excluding carboxylic acids is 1. The minimum atomic E-state index is -4.35. The molecule has 0 spiro atoms. The molecule has 2 heterocycles. The number of fused-ring (bicyclic) bond motifs is 2. The second kappa shape index (κ2) is 2.02. The number of nitrogens with zero attached hydrogens (tertiary/aromatic N) is 1. The van der Waals surface area contributed by atoms with Crippen LogP contribution in [0.3, 0.4) is 0 Å². The van der Waals surface area contributed by atoms with Gasteiger partial charge in [-0.2, -0.15) is 13.2 Å². The van der Waals surface area contributed by atoms with Crippen LogP contribution in [0, 0.1) is 5.41 Å². The molecule has 0 saturated carbocycles. The molecule has 2 nitrogen and oxygen atoms in total. The molecule has 0 aliphatic carbocycles. The van der Waals surface area contributed by atoms with Gasteiger partial charge < -0.3 is 0 Å². The van der Waals surface area contributed by atoms with Crippen LogP contribution in [0.4, 0.5) is 13.2 Å². The first kappa shape index (κ1) is 8.04. The predicted octanol–water partition coefficient (Wildman–Crippen LogP) is 0.824. The summed E-state index contributed by atoms with van der Waals surface area (Å²) in [5.74, 6) is -0.652. The number of halogens is 3. The van der Waals surface area contributed by atoms with Crippen molar-refractivity contribution in [3.05, 3.63) is 0 Å². The molecule has 2 bridgehead atoms. The second-order valence-electron chi connectivity index (χ2n) is 3.46. The van der Waals surface area contributed by atoms with Crippen molar-refractivity contribution in [2.24, 2.45) is 5.41 Å². The van der Waals surface area contributed by atoms with Crippen molar-refractivity contribution in [3.63, 3.8) is 0 Å². The molecular formula is C7H8F3NO. The SMILES string of the molecule is O=C1CN2CCC1(C(F)(F)F)C2. The Kier molecular flexibility index (Phi) is 1.35. The number of piperidine rings is 1. The summed E-state index contributed by atoms with van der Waals surface area (Å²) in [6.07, 6.45) is -4.40. The maximum atomic E-state index is 12.4. The Hall–Kier alpha value is -0.580. The fourth-order valence-corrected chi connectivity index (χ4v) is 2.00. The van der Waals surface area contributed by atoms with E-state index in [0.717, 1.165) is 0 Å². The van der Waals surface area contributed by atoms with Crippen molar-refractivity contribution < 1.29 is 18.0 Å². The number of ketones is 1. The van der Waals surface area contributed by atoms with Crippen molar-refractivity contribution in [1.82, 2.24) is 4.90 Å². The first-order valence-corrected chi connectivity index (χ1v) is 3.78. The molecule has 0 aromatic carbocycles. The zero-order valence-electron chi connectivity index (χ0n) is 6.32. The molecule has 2 aliphatic rings. The fraction of sp³-hybridized carbons (Fsp3) is 0.857. The van der Waals surface area contributed by atoms with Crippen molar-refractivity contribution in [2.45, 2.75) is 12.6 Å². The lowest BCUT2D eigenvalue weighted by Crippen LogP contribution is -2.44. The Morgan fingerprint density at radius 1 is 1.42 bits per heavy atom. The number of hydrogen-bond acceptors (Lipinski definition) is 2. The highest BCUT2D eigenvalue weighted by Crippen LogP contribution is 2.49. The van der Waals surface area contributed by atoms with Crippen molar-refractivity contribution in [1.29, 1.82) is 0 Å². The summed E-state index contributed by atoms with van der Waals surface area (Å²) in [5.41, 5.74) is -2.01. The highest BCUT2D eigenvalue weighted by molar-refractivity contribution is 5.90. The van der Waals surface area contributed by atoms with Gasteiger partial charge in [0.15, 0.2) is 5.78 Å².